The van der Waals surface area contributed by atoms with E-state index >= 15 is 0 Å². The fourth-order valence-corrected chi connectivity index (χ4v) is 4.12. The highest BCUT2D eigenvalue weighted by Gasteiger charge is 2.24. The van der Waals surface area contributed by atoms with Crippen LogP contribution in [0.15, 0.2) is 48.9 Å². The molecule has 4 aromatic rings. The molecule has 0 unspecified atom stereocenters. The summed E-state index contributed by atoms with van der Waals surface area (Å²) in [7, 11) is 1.77. The minimum atomic E-state index is -0.132. The maximum Gasteiger partial charge on any atom is 0.278 e. The summed E-state index contributed by atoms with van der Waals surface area (Å²) >= 11 is 1.54. The number of anilines is 1. The number of carbonyl (C=O) groups is 1. The fourth-order valence-electron chi connectivity index (χ4n) is 3.10. The van der Waals surface area contributed by atoms with E-state index in [1.165, 1.54) is 16.9 Å². The first-order valence-corrected chi connectivity index (χ1v) is 9.41. The predicted molar refractivity (Wildman–Crippen MR) is 107 cm³/mol. The van der Waals surface area contributed by atoms with Crippen molar-refractivity contribution in [1.29, 1.82) is 0 Å². The number of amides is 1. The minimum Gasteiger partial charge on any atom is -0.278 e. The molecule has 6 nitrogen and oxygen atoms in total. The molecule has 4 rings (SSSR count). The van der Waals surface area contributed by atoms with Crippen molar-refractivity contribution in [3.05, 3.63) is 71.3 Å². The first kappa shape index (κ1) is 17.4. The minimum absolute atomic E-state index is 0.132. The molecule has 0 N–H and O–H groups in total. The number of hydrogen-bond acceptors (Lipinski definition) is 5. The van der Waals surface area contributed by atoms with Gasteiger partial charge in [-0.2, -0.15) is 5.10 Å². The van der Waals surface area contributed by atoms with Gasteiger partial charge < -0.3 is 0 Å². The standard InChI is InChI=1S/C20H19N5OS/c1-13-9-14(2)18-16(10-13)23-20(27-18)25(12-15-5-4-7-21-11-15)19(26)17-6-8-22-24(17)3/h4-11H,12H2,1-3H3. The molecule has 1 aromatic carbocycles. The summed E-state index contributed by atoms with van der Waals surface area (Å²) in [5.74, 6) is -0.132. The molecule has 7 heteroatoms. The molecule has 0 atom stereocenters. The third-order valence-corrected chi connectivity index (χ3v) is 5.62. The van der Waals surface area contributed by atoms with Gasteiger partial charge in [0, 0.05) is 25.6 Å². The van der Waals surface area contributed by atoms with Crippen LogP contribution in [0, 0.1) is 13.8 Å². The maximum atomic E-state index is 13.3. The quantitative estimate of drug-likeness (QED) is 0.541. The second-order valence-corrected chi connectivity index (χ2v) is 7.50. The van der Waals surface area contributed by atoms with E-state index in [-0.39, 0.29) is 5.91 Å². The van der Waals surface area contributed by atoms with Crippen molar-refractivity contribution in [1.82, 2.24) is 19.7 Å². The van der Waals surface area contributed by atoms with E-state index in [2.05, 4.69) is 36.1 Å². The number of aryl methyl sites for hydroxylation is 3. The highest BCUT2D eigenvalue weighted by molar-refractivity contribution is 7.22. The van der Waals surface area contributed by atoms with E-state index in [0.29, 0.717) is 17.4 Å². The number of fused-ring (bicyclic) bond motifs is 1. The molecule has 0 aliphatic heterocycles. The summed E-state index contributed by atoms with van der Waals surface area (Å²) in [5, 5.41) is 4.80. The number of aromatic nitrogens is 4. The molecule has 0 bridgehead atoms. The van der Waals surface area contributed by atoms with E-state index in [0.717, 1.165) is 21.3 Å². The lowest BCUT2D eigenvalue weighted by Gasteiger charge is -2.19. The number of benzene rings is 1. The molecule has 3 heterocycles. The van der Waals surface area contributed by atoms with Gasteiger partial charge in [-0.25, -0.2) is 4.98 Å². The average Bonchev–Trinajstić information content (AvgIpc) is 3.26. The van der Waals surface area contributed by atoms with Gasteiger partial charge in [-0.3, -0.25) is 19.4 Å². The molecule has 136 valence electrons. The first-order chi connectivity index (χ1) is 13.0. The van der Waals surface area contributed by atoms with Crippen LogP contribution < -0.4 is 4.90 Å². The Morgan fingerprint density at radius 1 is 1.22 bits per heavy atom. The van der Waals surface area contributed by atoms with E-state index in [4.69, 9.17) is 4.98 Å². The Labute approximate surface area is 161 Å². The second-order valence-electron chi connectivity index (χ2n) is 6.52. The largest absolute Gasteiger partial charge is 0.278 e. The molecule has 0 fully saturated rings. The molecule has 0 spiro atoms. The number of nitrogens with zero attached hydrogens (tertiary/aromatic N) is 5. The Kier molecular flexibility index (Phi) is 4.45. The Morgan fingerprint density at radius 2 is 2.07 bits per heavy atom. The van der Waals surface area contributed by atoms with Crippen molar-refractivity contribution in [2.75, 3.05) is 4.90 Å². The number of carbonyl (C=O) groups excluding carboxylic acids is 1. The van der Waals surface area contributed by atoms with Crippen molar-refractivity contribution in [2.45, 2.75) is 20.4 Å². The van der Waals surface area contributed by atoms with Gasteiger partial charge in [0.2, 0.25) is 0 Å². The van der Waals surface area contributed by atoms with E-state index in [1.807, 2.05) is 12.1 Å². The molecular formula is C20H19N5OS. The Morgan fingerprint density at radius 3 is 2.78 bits per heavy atom. The summed E-state index contributed by atoms with van der Waals surface area (Å²) in [6, 6.07) is 9.74. The predicted octanol–water partition coefficient (Wildman–Crippen LogP) is 3.89. The monoisotopic (exact) mass is 377 g/mol. The van der Waals surface area contributed by atoms with Gasteiger partial charge in [0.15, 0.2) is 5.13 Å². The van der Waals surface area contributed by atoms with Crippen molar-refractivity contribution >= 4 is 32.6 Å². The molecule has 0 aliphatic carbocycles. The van der Waals surface area contributed by atoms with Crippen LogP contribution in [0.4, 0.5) is 5.13 Å². The highest BCUT2D eigenvalue weighted by atomic mass is 32.1. The lowest BCUT2D eigenvalue weighted by atomic mass is 10.1. The van der Waals surface area contributed by atoms with Gasteiger partial charge in [-0.1, -0.05) is 23.5 Å². The van der Waals surface area contributed by atoms with Crippen LogP contribution >= 0.6 is 11.3 Å². The fraction of sp³-hybridized carbons (Fsp3) is 0.200. The summed E-state index contributed by atoms with van der Waals surface area (Å²) in [6.45, 7) is 4.53. The van der Waals surface area contributed by atoms with E-state index in [1.54, 1.807) is 41.3 Å². The van der Waals surface area contributed by atoms with Crippen LogP contribution in [0.5, 0.6) is 0 Å². The molecule has 0 saturated heterocycles. The lowest BCUT2D eigenvalue weighted by molar-refractivity contribution is 0.0976. The van der Waals surface area contributed by atoms with Gasteiger partial charge in [-0.05, 0) is 48.7 Å². The zero-order chi connectivity index (χ0) is 19.0. The number of thiazole rings is 1. The van der Waals surface area contributed by atoms with E-state index in [9.17, 15) is 4.79 Å². The molecule has 1 amide bonds. The van der Waals surface area contributed by atoms with Crippen LogP contribution in [-0.2, 0) is 13.6 Å². The average molecular weight is 377 g/mol. The third-order valence-electron chi connectivity index (χ3n) is 4.39. The normalized spacial score (nSPS) is 11.1. The van der Waals surface area contributed by atoms with Gasteiger partial charge in [0.1, 0.15) is 5.69 Å². The Balaban J connectivity index is 1.81. The van der Waals surface area contributed by atoms with Gasteiger partial charge in [0.25, 0.3) is 5.91 Å². The van der Waals surface area contributed by atoms with Crippen molar-refractivity contribution in [3.63, 3.8) is 0 Å². The van der Waals surface area contributed by atoms with Gasteiger partial charge in [0.05, 0.1) is 16.8 Å². The van der Waals surface area contributed by atoms with Crippen LogP contribution in [0.25, 0.3) is 10.2 Å². The Bertz CT molecular complexity index is 1120. The van der Waals surface area contributed by atoms with Gasteiger partial charge in [-0.15, -0.1) is 0 Å². The zero-order valence-electron chi connectivity index (χ0n) is 15.4. The number of pyridine rings is 1. The summed E-state index contributed by atoms with van der Waals surface area (Å²) in [5.41, 5.74) is 4.71. The SMILES string of the molecule is Cc1cc(C)c2sc(N(Cc3cccnc3)C(=O)c3ccnn3C)nc2c1. The summed E-state index contributed by atoms with van der Waals surface area (Å²) in [4.78, 5) is 23.9. The number of rotatable bonds is 4. The summed E-state index contributed by atoms with van der Waals surface area (Å²) < 4.78 is 2.69. The van der Waals surface area contributed by atoms with Crippen LogP contribution in [0.1, 0.15) is 27.2 Å². The molecule has 0 radical (unpaired) electrons. The van der Waals surface area contributed by atoms with Crippen molar-refractivity contribution in [2.24, 2.45) is 7.05 Å². The van der Waals surface area contributed by atoms with Crippen LogP contribution in [-0.4, -0.2) is 25.7 Å². The van der Waals surface area contributed by atoms with Crippen molar-refractivity contribution < 1.29 is 4.79 Å². The molecule has 27 heavy (non-hydrogen) atoms. The molecule has 0 aliphatic rings. The highest BCUT2D eigenvalue weighted by Crippen LogP contribution is 2.33. The summed E-state index contributed by atoms with van der Waals surface area (Å²) in [6.07, 6.45) is 5.12. The zero-order valence-corrected chi connectivity index (χ0v) is 16.2. The molecular weight excluding hydrogens is 358 g/mol. The second kappa shape index (κ2) is 6.92. The smallest absolute Gasteiger partial charge is 0.278 e. The molecule has 0 saturated carbocycles. The topological polar surface area (TPSA) is 63.9 Å². The van der Waals surface area contributed by atoms with Crippen LogP contribution in [0.2, 0.25) is 0 Å². The van der Waals surface area contributed by atoms with Crippen LogP contribution in [0.3, 0.4) is 0 Å². The maximum absolute atomic E-state index is 13.3. The first-order valence-electron chi connectivity index (χ1n) is 8.59. The third kappa shape index (κ3) is 3.33. The Hall–Kier alpha value is -3.06. The van der Waals surface area contributed by atoms with E-state index < -0.39 is 0 Å². The number of hydrogen-bond donors (Lipinski definition) is 0. The molecule has 3 aromatic heterocycles. The van der Waals surface area contributed by atoms with Crippen molar-refractivity contribution in [3.8, 4) is 0 Å². The lowest BCUT2D eigenvalue weighted by Crippen LogP contribution is -2.31. The van der Waals surface area contributed by atoms with Gasteiger partial charge >= 0.3 is 0 Å².